The van der Waals surface area contributed by atoms with Gasteiger partial charge >= 0.3 is 0 Å². The Morgan fingerprint density at radius 3 is 2.84 bits per heavy atom. The Labute approximate surface area is 181 Å². The summed E-state index contributed by atoms with van der Waals surface area (Å²) < 4.78 is 7.68. The van der Waals surface area contributed by atoms with Gasteiger partial charge in [0.25, 0.3) is 5.56 Å². The van der Waals surface area contributed by atoms with Gasteiger partial charge in [0.05, 0.1) is 24.3 Å². The maximum absolute atomic E-state index is 12.8. The summed E-state index contributed by atoms with van der Waals surface area (Å²) in [6.07, 6.45) is 7.24. The van der Waals surface area contributed by atoms with Gasteiger partial charge in [-0.3, -0.25) is 4.79 Å². The third kappa shape index (κ3) is 4.55. The first kappa shape index (κ1) is 20.3. The molecule has 0 bridgehead atoms. The SMILES string of the molecule is Cc1ccc2[nH]c(=O)c(C[NH+](Cc3nnnn3C[C@H]3CCCO3)C3CCCC3)cc2c1. The molecule has 0 radical (unpaired) electrons. The first-order chi connectivity index (χ1) is 15.2. The number of tetrazole rings is 1. The lowest BCUT2D eigenvalue weighted by Crippen LogP contribution is -3.13. The number of rotatable bonds is 7. The number of ether oxygens (including phenoxy) is 1. The number of aryl methyl sites for hydroxylation is 1. The fourth-order valence-electron chi connectivity index (χ4n) is 5.11. The van der Waals surface area contributed by atoms with Crippen molar-refractivity contribution in [3.05, 3.63) is 51.6 Å². The lowest BCUT2D eigenvalue weighted by molar-refractivity contribution is -0.952. The summed E-state index contributed by atoms with van der Waals surface area (Å²) in [5.41, 5.74) is 2.92. The minimum Gasteiger partial charge on any atom is -0.376 e. The average molecular weight is 424 g/mol. The van der Waals surface area contributed by atoms with Crippen LogP contribution in [0.3, 0.4) is 0 Å². The Kier molecular flexibility index (Phi) is 5.82. The summed E-state index contributed by atoms with van der Waals surface area (Å²) in [5, 5.41) is 13.6. The minimum atomic E-state index is 0.00537. The fourth-order valence-corrected chi connectivity index (χ4v) is 5.11. The molecule has 5 rings (SSSR count). The first-order valence-corrected chi connectivity index (χ1v) is 11.5. The van der Waals surface area contributed by atoms with Crippen molar-refractivity contribution in [1.82, 2.24) is 25.2 Å². The zero-order chi connectivity index (χ0) is 21.2. The second kappa shape index (κ2) is 8.88. The molecule has 8 heteroatoms. The van der Waals surface area contributed by atoms with Gasteiger partial charge in [-0.05, 0) is 79.5 Å². The van der Waals surface area contributed by atoms with Crippen LogP contribution in [0.1, 0.15) is 55.5 Å². The Bertz CT molecular complexity index is 1090. The summed E-state index contributed by atoms with van der Waals surface area (Å²) in [5.74, 6) is 0.880. The summed E-state index contributed by atoms with van der Waals surface area (Å²) in [7, 11) is 0. The maximum atomic E-state index is 12.8. The predicted molar refractivity (Wildman–Crippen MR) is 117 cm³/mol. The molecule has 1 aliphatic carbocycles. The Hall–Kier alpha value is -2.58. The summed E-state index contributed by atoms with van der Waals surface area (Å²) in [6.45, 7) is 5.00. The van der Waals surface area contributed by atoms with Crippen molar-refractivity contribution in [3.8, 4) is 0 Å². The van der Waals surface area contributed by atoms with Gasteiger partial charge in [0.15, 0.2) is 0 Å². The number of H-pyrrole nitrogens is 1. The molecule has 8 nitrogen and oxygen atoms in total. The highest BCUT2D eigenvalue weighted by atomic mass is 16.5. The molecular weight excluding hydrogens is 392 g/mol. The van der Waals surface area contributed by atoms with Crippen LogP contribution in [0.4, 0.5) is 0 Å². The third-order valence-corrected chi connectivity index (χ3v) is 6.82. The molecule has 2 aliphatic rings. The van der Waals surface area contributed by atoms with Crippen LogP contribution in [0.2, 0.25) is 0 Å². The second-order valence-corrected chi connectivity index (χ2v) is 9.12. The molecule has 3 heterocycles. The fraction of sp³-hybridized carbons (Fsp3) is 0.565. The van der Waals surface area contributed by atoms with Crippen LogP contribution < -0.4 is 10.5 Å². The second-order valence-electron chi connectivity index (χ2n) is 9.12. The monoisotopic (exact) mass is 423 g/mol. The molecular formula is C23H31N6O2+. The average Bonchev–Trinajstić information content (AvgIpc) is 3.52. The molecule has 1 aliphatic heterocycles. The van der Waals surface area contributed by atoms with Crippen LogP contribution >= 0.6 is 0 Å². The molecule has 164 valence electrons. The zero-order valence-electron chi connectivity index (χ0n) is 18.1. The van der Waals surface area contributed by atoms with Gasteiger partial charge in [-0.25, -0.2) is 4.68 Å². The van der Waals surface area contributed by atoms with E-state index in [9.17, 15) is 4.79 Å². The van der Waals surface area contributed by atoms with Crippen LogP contribution in [-0.4, -0.2) is 43.9 Å². The lowest BCUT2D eigenvalue weighted by atomic mass is 10.1. The van der Waals surface area contributed by atoms with Crippen molar-refractivity contribution < 1.29 is 9.64 Å². The molecule has 2 N–H and O–H groups in total. The van der Waals surface area contributed by atoms with Gasteiger partial charge in [-0.15, -0.1) is 5.10 Å². The van der Waals surface area contributed by atoms with Crippen LogP contribution in [0, 0.1) is 6.92 Å². The summed E-state index contributed by atoms with van der Waals surface area (Å²) >= 11 is 0. The van der Waals surface area contributed by atoms with Crippen molar-refractivity contribution in [2.75, 3.05) is 6.61 Å². The molecule has 1 saturated carbocycles. The molecule has 1 saturated heterocycles. The molecule has 0 spiro atoms. The van der Waals surface area contributed by atoms with E-state index < -0.39 is 0 Å². The Morgan fingerprint density at radius 1 is 1.16 bits per heavy atom. The molecule has 1 unspecified atom stereocenters. The van der Waals surface area contributed by atoms with Crippen molar-refractivity contribution in [1.29, 1.82) is 0 Å². The van der Waals surface area contributed by atoms with Gasteiger partial charge in [0.2, 0.25) is 5.82 Å². The van der Waals surface area contributed by atoms with Gasteiger partial charge in [0.1, 0.15) is 13.1 Å². The van der Waals surface area contributed by atoms with E-state index in [1.54, 1.807) is 0 Å². The highest BCUT2D eigenvalue weighted by Crippen LogP contribution is 2.18. The standard InChI is InChI=1S/C23H30N6O2/c1-16-8-9-21-17(11-16)12-18(23(30)24-21)13-28(19-5-2-3-6-19)15-22-25-26-27-29(22)14-20-7-4-10-31-20/h8-9,11-12,19-20H,2-7,10,13-15H2,1H3,(H,24,30)/p+1/t20-/m1/s1. The maximum Gasteiger partial charge on any atom is 0.257 e. The van der Waals surface area contributed by atoms with Gasteiger partial charge in [-0.1, -0.05) is 11.6 Å². The van der Waals surface area contributed by atoms with Crippen molar-refractivity contribution in [3.63, 3.8) is 0 Å². The number of nitrogens with zero attached hydrogens (tertiary/aromatic N) is 4. The van der Waals surface area contributed by atoms with E-state index in [1.807, 2.05) is 16.8 Å². The van der Waals surface area contributed by atoms with Crippen molar-refractivity contribution >= 4 is 10.9 Å². The largest absolute Gasteiger partial charge is 0.376 e. The highest BCUT2D eigenvalue weighted by Gasteiger charge is 2.29. The van der Waals surface area contributed by atoms with E-state index in [-0.39, 0.29) is 11.7 Å². The Morgan fingerprint density at radius 2 is 2.03 bits per heavy atom. The number of fused-ring (bicyclic) bond motifs is 1. The number of nitrogens with one attached hydrogen (secondary N) is 2. The van der Waals surface area contributed by atoms with Crippen molar-refractivity contribution in [2.45, 2.75) is 77.2 Å². The third-order valence-electron chi connectivity index (χ3n) is 6.82. The van der Waals surface area contributed by atoms with Crippen LogP contribution in [-0.2, 0) is 24.4 Å². The molecule has 3 aromatic rings. The molecule has 2 atom stereocenters. The predicted octanol–water partition coefficient (Wildman–Crippen LogP) is 1.53. The quantitative estimate of drug-likeness (QED) is 0.602. The lowest BCUT2D eigenvalue weighted by Gasteiger charge is -2.25. The topological polar surface area (TPSA) is 90.1 Å². The minimum absolute atomic E-state index is 0.00537. The normalized spacial score (nSPS) is 20.6. The van der Waals surface area contributed by atoms with E-state index in [4.69, 9.17) is 4.74 Å². The molecule has 2 aromatic heterocycles. The van der Waals surface area contributed by atoms with E-state index in [0.717, 1.165) is 48.3 Å². The van der Waals surface area contributed by atoms with Crippen LogP contribution in [0.15, 0.2) is 29.1 Å². The molecule has 31 heavy (non-hydrogen) atoms. The van der Waals surface area contributed by atoms with Crippen LogP contribution in [0.5, 0.6) is 0 Å². The van der Waals surface area contributed by atoms with Crippen molar-refractivity contribution in [2.24, 2.45) is 0 Å². The van der Waals surface area contributed by atoms with E-state index in [2.05, 4.69) is 39.6 Å². The van der Waals surface area contributed by atoms with Gasteiger partial charge in [0, 0.05) is 12.1 Å². The number of benzene rings is 1. The number of pyridine rings is 1. The first-order valence-electron chi connectivity index (χ1n) is 11.5. The molecule has 0 amide bonds. The summed E-state index contributed by atoms with van der Waals surface area (Å²) in [4.78, 5) is 17.3. The number of hydrogen-bond donors (Lipinski definition) is 2. The van der Waals surface area contributed by atoms with E-state index in [0.29, 0.717) is 19.1 Å². The van der Waals surface area contributed by atoms with E-state index in [1.165, 1.54) is 36.1 Å². The summed E-state index contributed by atoms with van der Waals surface area (Å²) in [6, 6.07) is 8.73. The van der Waals surface area contributed by atoms with Crippen LogP contribution in [0.25, 0.3) is 10.9 Å². The van der Waals surface area contributed by atoms with Gasteiger partial charge < -0.3 is 14.6 Å². The Balaban J connectivity index is 1.40. The molecule has 1 aromatic carbocycles. The number of aromatic amines is 1. The smallest absolute Gasteiger partial charge is 0.257 e. The van der Waals surface area contributed by atoms with E-state index >= 15 is 0 Å². The number of aromatic nitrogens is 5. The highest BCUT2D eigenvalue weighted by molar-refractivity contribution is 5.79. The van der Waals surface area contributed by atoms with Gasteiger partial charge in [-0.2, -0.15) is 0 Å². The molecule has 2 fully saturated rings. The zero-order valence-corrected chi connectivity index (χ0v) is 18.1. The number of hydrogen-bond acceptors (Lipinski definition) is 5. The number of quaternary nitrogens is 1.